The van der Waals surface area contributed by atoms with Gasteiger partial charge in [0.25, 0.3) is 0 Å². The van der Waals surface area contributed by atoms with Crippen LogP contribution in [-0.4, -0.2) is 49.7 Å². The Morgan fingerprint density at radius 3 is 2.81 bits per heavy atom. The molecule has 2 aromatic heterocycles. The molecular formula is C19H18FN5O2. The van der Waals surface area contributed by atoms with E-state index >= 15 is 0 Å². The quantitative estimate of drug-likeness (QED) is 0.735. The van der Waals surface area contributed by atoms with Crippen molar-refractivity contribution in [3.8, 4) is 28.6 Å². The third-order valence-corrected chi connectivity index (χ3v) is 5.32. The van der Waals surface area contributed by atoms with Gasteiger partial charge >= 0.3 is 0 Å². The van der Waals surface area contributed by atoms with E-state index in [9.17, 15) is 9.50 Å². The lowest BCUT2D eigenvalue weighted by atomic mass is 10.1. The maximum absolute atomic E-state index is 14.2. The Morgan fingerprint density at radius 1 is 1.22 bits per heavy atom. The van der Waals surface area contributed by atoms with E-state index in [0.717, 1.165) is 18.7 Å². The standard InChI is InChI=1S/C19H18FN5O2/c20-18-15-7-11(9-22-15)19(18)27-17-4-3-14(23-24-17)13-2-1-12(8-16(13)26)25-6-5-21-10-25/h1-6,8,10-11,15,18-19,22,26H,7,9H2/t11?,15?,18-,19+/m0/s1. The summed E-state index contributed by atoms with van der Waals surface area (Å²) in [6.07, 6.45) is 4.43. The molecule has 8 heteroatoms. The van der Waals surface area contributed by atoms with Crippen LogP contribution >= 0.6 is 0 Å². The van der Waals surface area contributed by atoms with Gasteiger partial charge < -0.3 is 19.7 Å². The van der Waals surface area contributed by atoms with E-state index in [2.05, 4.69) is 20.5 Å². The summed E-state index contributed by atoms with van der Waals surface area (Å²) in [5.74, 6) is 0.562. The van der Waals surface area contributed by atoms with Crippen LogP contribution in [0.1, 0.15) is 6.42 Å². The first kappa shape index (κ1) is 16.2. The lowest BCUT2D eigenvalue weighted by Gasteiger charge is -2.26. The molecule has 1 aromatic carbocycles. The van der Waals surface area contributed by atoms with Crippen molar-refractivity contribution in [2.75, 3.05) is 6.54 Å². The van der Waals surface area contributed by atoms with E-state index in [0.29, 0.717) is 17.1 Å². The van der Waals surface area contributed by atoms with Gasteiger partial charge in [-0.3, -0.25) is 0 Å². The second-order valence-electron chi connectivity index (χ2n) is 6.97. The Morgan fingerprint density at radius 2 is 2.15 bits per heavy atom. The Kier molecular flexibility index (Phi) is 3.78. The number of nitrogens with zero attached hydrogens (tertiary/aromatic N) is 4. The molecule has 4 atom stereocenters. The maximum atomic E-state index is 14.2. The Balaban J connectivity index is 1.34. The second kappa shape index (κ2) is 6.31. The number of piperidine rings is 1. The van der Waals surface area contributed by atoms with E-state index in [-0.39, 0.29) is 17.7 Å². The van der Waals surface area contributed by atoms with Gasteiger partial charge in [0.05, 0.1) is 17.7 Å². The molecule has 0 spiro atoms. The molecule has 1 saturated carbocycles. The summed E-state index contributed by atoms with van der Waals surface area (Å²) in [6.45, 7) is 0.776. The van der Waals surface area contributed by atoms with Crippen LogP contribution in [0.3, 0.4) is 0 Å². The molecule has 1 aliphatic carbocycles. The van der Waals surface area contributed by atoms with Gasteiger partial charge in [0.2, 0.25) is 5.88 Å². The van der Waals surface area contributed by atoms with Crippen molar-refractivity contribution in [2.45, 2.75) is 24.7 Å². The molecule has 1 aliphatic heterocycles. The number of hydrogen-bond acceptors (Lipinski definition) is 6. The smallest absolute Gasteiger partial charge is 0.233 e. The van der Waals surface area contributed by atoms with E-state index < -0.39 is 12.3 Å². The van der Waals surface area contributed by atoms with Crippen molar-refractivity contribution in [3.05, 3.63) is 49.1 Å². The summed E-state index contributed by atoms with van der Waals surface area (Å²) in [5, 5.41) is 21.7. The lowest BCUT2D eigenvalue weighted by Crippen LogP contribution is -2.46. The SMILES string of the molecule is Oc1cc(-n2ccnc2)ccc1-c1ccc(O[C@@H]2C3CNC(C3)[C@@H]2F)nn1. The first-order valence-electron chi connectivity index (χ1n) is 8.88. The predicted octanol–water partition coefficient (Wildman–Crippen LogP) is 2.11. The third kappa shape index (κ3) is 2.82. The molecule has 2 aliphatic rings. The monoisotopic (exact) mass is 367 g/mol. The number of benzene rings is 1. The summed E-state index contributed by atoms with van der Waals surface area (Å²) >= 11 is 0. The molecule has 2 unspecified atom stereocenters. The largest absolute Gasteiger partial charge is 0.507 e. The highest BCUT2D eigenvalue weighted by atomic mass is 19.1. The van der Waals surface area contributed by atoms with Gasteiger partial charge in [-0.05, 0) is 24.6 Å². The molecule has 2 bridgehead atoms. The first-order valence-corrected chi connectivity index (χ1v) is 8.88. The Labute approximate surface area is 154 Å². The van der Waals surface area contributed by atoms with E-state index in [1.54, 1.807) is 47.6 Å². The Hall–Kier alpha value is -3.00. The van der Waals surface area contributed by atoms with E-state index in [1.165, 1.54) is 0 Å². The highest BCUT2D eigenvalue weighted by Crippen LogP contribution is 2.36. The summed E-state index contributed by atoms with van der Waals surface area (Å²) in [6, 6.07) is 8.54. The minimum atomic E-state index is -1.02. The van der Waals surface area contributed by atoms with Gasteiger partial charge in [-0.15, -0.1) is 10.2 Å². The van der Waals surface area contributed by atoms with Crippen molar-refractivity contribution >= 4 is 0 Å². The van der Waals surface area contributed by atoms with Gasteiger partial charge in [-0.1, -0.05) is 0 Å². The average molecular weight is 367 g/mol. The van der Waals surface area contributed by atoms with Gasteiger partial charge in [0.1, 0.15) is 11.9 Å². The molecule has 1 saturated heterocycles. The van der Waals surface area contributed by atoms with Crippen LogP contribution in [0.4, 0.5) is 4.39 Å². The van der Waals surface area contributed by atoms with Crippen LogP contribution in [0.2, 0.25) is 0 Å². The minimum Gasteiger partial charge on any atom is -0.507 e. The number of phenols is 1. The van der Waals surface area contributed by atoms with Crippen molar-refractivity contribution < 1.29 is 14.2 Å². The van der Waals surface area contributed by atoms with Gasteiger partial charge in [-0.25, -0.2) is 9.37 Å². The molecule has 7 nitrogen and oxygen atoms in total. The number of fused-ring (bicyclic) bond motifs is 2. The number of phenolic OH excluding ortho intramolecular Hbond substituents is 1. The number of alkyl halides is 1. The molecule has 0 amide bonds. The van der Waals surface area contributed by atoms with Gasteiger partial charge in [-0.2, -0.15) is 0 Å². The first-order chi connectivity index (χ1) is 13.2. The molecule has 5 rings (SSSR count). The van der Waals surface area contributed by atoms with Crippen molar-refractivity contribution in [1.29, 1.82) is 0 Å². The molecular weight excluding hydrogens is 349 g/mol. The summed E-state index contributed by atoms with van der Waals surface area (Å²) in [5.41, 5.74) is 1.87. The van der Waals surface area contributed by atoms with E-state index in [1.807, 2.05) is 6.07 Å². The fourth-order valence-electron chi connectivity index (χ4n) is 3.91. The number of rotatable bonds is 4. The third-order valence-electron chi connectivity index (χ3n) is 5.32. The average Bonchev–Trinajstić information content (AvgIpc) is 3.42. The van der Waals surface area contributed by atoms with E-state index in [4.69, 9.17) is 4.74 Å². The summed E-state index contributed by atoms with van der Waals surface area (Å²) < 4.78 is 21.8. The van der Waals surface area contributed by atoms with Crippen molar-refractivity contribution in [2.24, 2.45) is 5.92 Å². The van der Waals surface area contributed by atoms with Crippen LogP contribution in [0.25, 0.3) is 16.9 Å². The molecule has 2 N–H and O–H groups in total. The molecule has 3 aromatic rings. The highest BCUT2D eigenvalue weighted by molar-refractivity contribution is 5.68. The zero-order valence-electron chi connectivity index (χ0n) is 14.4. The normalized spacial score (nSPS) is 26.4. The molecule has 0 radical (unpaired) electrons. The number of aromatic hydroxyl groups is 1. The zero-order valence-corrected chi connectivity index (χ0v) is 14.4. The molecule has 2 fully saturated rings. The number of aromatic nitrogens is 4. The number of halogens is 1. The maximum Gasteiger partial charge on any atom is 0.233 e. The Bertz CT molecular complexity index is 945. The van der Waals surface area contributed by atoms with Crippen molar-refractivity contribution in [1.82, 2.24) is 25.1 Å². The molecule has 3 heterocycles. The zero-order chi connectivity index (χ0) is 18.4. The topological polar surface area (TPSA) is 85.1 Å². The number of nitrogens with one attached hydrogen (secondary N) is 1. The fourth-order valence-corrected chi connectivity index (χ4v) is 3.91. The van der Waals surface area contributed by atoms with Crippen LogP contribution in [-0.2, 0) is 0 Å². The van der Waals surface area contributed by atoms with Gasteiger partial charge in [0.15, 0.2) is 6.17 Å². The fraction of sp³-hybridized carbons (Fsp3) is 0.316. The molecule has 138 valence electrons. The summed E-state index contributed by atoms with van der Waals surface area (Å²) in [7, 11) is 0. The predicted molar refractivity (Wildman–Crippen MR) is 95.5 cm³/mol. The second-order valence-corrected chi connectivity index (χ2v) is 6.97. The van der Waals surface area contributed by atoms with Crippen molar-refractivity contribution in [3.63, 3.8) is 0 Å². The van der Waals surface area contributed by atoms with Gasteiger partial charge in [0, 0.05) is 48.6 Å². The van der Waals surface area contributed by atoms with Crippen LogP contribution in [0.15, 0.2) is 49.1 Å². The summed E-state index contributed by atoms with van der Waals surface area (Å²) in [4.78, 5) is 3.99. The highest BCUT2D eigenvalue weighted by Gasteiger charge is 2.50. The van der Waals surface area contributed by atoms with Crippen LogP contribution in [0, 0.1) is 5.92 Å². The lowest BCUT2D eigenvalue weighted by molar-refractivity contribution is 0.0615. The molecule has 27 heavy (non-hydrogen) atoms. The number of hydrogen-bond donors (Lipinski definition) is 2. The van der Waals surface area contributed by atoms with Crippen LogP contribution < -0.4 is 10.1 Å². The minimum absolute atomic E-state index is 0.0900. The number of imidazole rings is 1. The number of ether oxygens (including phenoxy) is 1. The van der Waals surface area contributed by atoms with Crippen LogP contribution in [0.5, 0.6) is 11.6 Å².